The average Bonchev–Trinajstić information content (AvgIpc) is 2.50. The summed E-state index contributed by atoms with van der Waals surface area (Å²) in [4.78, 5) is 11.0. The van der Waals surface area contributed by atoms with Crippen LogP contribution in [0.25, 0.3) is 0 Å². The van der Waals surface area contributed by atoms with Crippen molar-refractivity contribution in [1.29, 1.82) is 0 Å². The van der Waals surface area contributed by atoms with Crippen molar-refractivity contribution in [1.82, 2.24) is 0 Å². The van der Waals surface area contributed by atoms with Crippen molar-refractivity contribution in [2.75, 3.05) is 7.11 Å². The van der Waals surface area contributed by atoms with Crippen LogP contribution < -0.4 is 14.2 Å². The smallest absolute Gasteiger partial charge is 0.339 e. The summed E-state index contributed by atoms with van der Waals surface area (Å²) in [5.74, 6) is -0.359. The minimum atomic E-state index is -1.23. The van der Waals surface area contributed by atoms with E-state index in [-0.39, 0.29) is 11.3 Å². The SMILES string of the molecule is COc1ccc(OC(C)Oc2cccc(C(=O)O)c2O)cc1. The molecule has 116 valence electrons. The molecule has 0 aromatic heterocycles. The third-order valence-electron chi connectivity index (χ3n) is 2.88. The van der Waals surface area contributed by atoms with Crippen LogP contribution in [0.5, 0.6) is 23.0 Å². The van der Waals surface area contributed by atoms with E-state index in [2.05, 4.69) is 0 Å². The van der Waals surface area contributed by atoms with Gasteiger partial charge >= 0.3 is 5.97 Å². The molecule has 0 saturated carbocycles. The zero-order valence-corrected chi connectivity index (χ0v) is 12.1. The van der Waals surface area contributed by atoms with Gasteiger partial charge in [-0.3, -0.25) is 0 Å². The molecule has 0 radical (unpaired) electrons. The number of carboxylic acids is 1. The first-order valence-corrected chi connectivity index (χ1v) is 6.54. The molecule has 2 aromatic rings. The fraction of sp³-hybridized carbons (Fsp3) is 0.188. The normalized spacial score (nSPS) is 11.5. The molecule has 0 aliphatic rings. The van der Waals surface area contributed by atoms with E-state index in [1.54, 1.807) is 38.3 Å². The van der Waals surface area contributed by atoms with Crippen LogP contribution >= 0.6 is 0 Å². The molecular weight excluding hydrogens is 288 g/mol. The number of rotatable bonds is 6. The zero-order chi connectivity index (χ0) is 16.1. The van der Waals surface area contributed by atoms with Crippen LogP contribution in [0.15, 0.2) is 42.5 Å². The summed E-state index contributed by atoms with van der Waals surface area (Å²) in [6.07, 6.45) is -0.719. The van der Waals surface area contributed by atoms with Gasteiger partial charge in [0.2, 0.25) is 6.29 Å². The highest BCUT2D eigenvalue weighted by molar-refractivity contribution is 5.91. The maximum atomic E-state index is 11.0. The molecule has 0 heterocycles. The number of carboxylic acid groups (broad SMARTS) is 1. The second-order valence-electron chi connectivity index (χ2n) is 4.44. The van der Waals surface area contributed by atoms with E-state index in [0.717, 1.165) is 0 Å². The van der Waals surface area contributed by atoms with Gasteiger partial charge in [0, 0.05) is 6.92 Å². The van der Waals surface area contributed by atoms with Gasteiger partial charge in [0.15, 0.2) is 11.5 Å². The van der Waals surface area contributed by atoms with E-state index < -0.39 is 18.0 Å². The van der Waals surface area contributed by atoms with Crippen molar-refractivity contribution in [2.45, 2.75) is 13.2 Å². The second-order valence-corrected chi connectivity index (χ2v) is 4.44. The summed E-state index contributed by atoms with van der Waals surface area (Å²) in [6.45, 7) is 1.64. The van der Waals surface area contributed by atoms with Gasteiger partial charge in [-0.2, -0.15) is 0 Å². The number of phenols is 1. The molecule has 2 rings (SSSR count). The lowest BCUT2D eigenvalue weighted by Gasteiger charge is -2.18. The third kappa shape index (κ3) is 3.60. The standard InChI is InChI=1S/C16H16O6/c1-10(21-12-8-6-11(20-2)7-9-12)22-14-5-3-4-13(15(14)17)16(18)19/h3-10,17H,1-2H3,(H,18,19). The van der Waals surface area contributed by atoms with Crippen LogP contribution in [0.3, 0.4) is 0 Å². The van der Waals surface area contributed by atoms with Crippen LogP contribution in [0.1, 0.15) is 17.3 Å². The number of hydrogen-bond acceptors (Lipinski definition) is 5. The van der Waals surface area contributed by atoms with Gasteiger partial charge in [-0.1, -0.05) is 6.07 Å². The maximum Gasteiger partial charge on any atom is 0.339 e. The monoisotopic (exact) mass is 304 g/mol. The number of methoxy groups -OCH3 is 1. The van der Waals surface area contributed by atoms with E-state index in [0.29, 0.717) is 11.5 Å². The lowest BCUT2D eigenvalue weighted by atomic mass is 10.2. The minimum absolute atomic E-state index is 0.0425. The third-order valence-corrected chi connectivity index (χ3v) is 2.88. The van der Waals surface area contributed by atoms with Gasteiger partial charge < -0.3 is 24.4 Å². The van der Waals surface area contributed by atoms with Crippen molar-refractivity contribution < 1.29 is 29.2 Å². The summed E-state index contributed by atoms with van der Waals surface area (Å²) in [5, 5.41) is 18.8. The number of para-hydroxylation sites is 1. The highest BCUT2D eigenvalue weighted by atomic mass is 16.7. The van der Waals surface area contributed by atoms with Crippen LogP contribution in [-0.4, -0.2) is 29.6 Å². The van der Waals surface area contributed by atoms with Gasteiger partial charge in [-0.25, -0.2) is 4.79 Å². The largest absolute Gasteiger partial charge is 0.504 e. The average molecular weight is 304 g/mol. The molecule has 2 N–H and O–H groups in total. The first-order chi connectivity index (χ1) is 10.5. The highest BCUT2D eigenvalue weighted by Gasteiger charge is 2.16. The summed E-state index contributed by atoms with van der Waals surface area (Å²) < 4.78 is 16.0. The Labute approximate surface area is 127 Å². The molecule has 0 saturated heterocycles. The van der Waals surface area contributed by atoms with Crippen molar-refractivity contribution in [2.24, 2.45) is 0 Å². The Bertz CT molecular complexity index is 650. The summed E-state index contributed by atoms with van der Waals surface area (Å²) in [6, 6.07) is 11.2. The Kier molecular flexibility index (Phi) is 4.73. The first-order valence-electron chi connectivity index (χ1n) is 6.54. The molecular formula is C16H16O6. The highest BCUT2D eigenvalue weighted by Crippen LogP contribution is 2.31. The molecule has 2 aromatic carbocycles. The lowest BCUT2D eigenvalue weighted by Crippen LogP contribution is -2.19. The number of aromatic hydroxyl groups is 1. The van der Waals surface area contributed by atoms with E-state index >= 15 is 0 Å². The fourth-order valence-corrected chi connectivity index (χ4v) is 1.84. The lowest BCUT2D eigenvalue weighted by molar-refractivity contribution is 0.0200. The topological polar surface area (TPSA) is 85.2 Å². The fourth-order valence-electron chi connectivity index (χ4n) is 1.84. The van der Waals surface area contributed by atoms with Crippen molar-refractivity contribution in [3.8, 4) is 23.0 Å². The summed E-state index contributed by atoms with van der Waals surface area (Å²) >= 11 is 0. The molecule has 0 amide bonds. The molecule has 0 bridgehead atoms. The van der Waals surface area contributed by atoms with Crippen molar-refractivity contribution >= 4 is 5.97 Å². The molecule has 0 fully saturated rings. The van der Waals surface area contributed by atoms with Crippen LogP contribution in [0.4, 0.5) is 0 Å². The number of benzene rings is 2. The maximum absolute atomic E-state index is 11.0. The Morgan fingerprint density at radius 3 is 2.27 bits per heavy atom. The van der Waals surface area contributed by atoms with Gasteiger partial charge in [0.1, 0.15) is 17.1 Å². The summed E-state index contributed by atoms with van der Waals surface area (Å²) in [7, 11) is 1.57. The van der Waals surface area contributed by atoms with E-state index in [4.69, 9.17) is 19.3 Å². The Balaban J connectivity index is 2.06. The van der Waals surface area contributed by atoms with Gasteiger partial charge in [-0.05, 0) is 36.4 Å². The number of carbonyl (C=O) groups is 1. The van der Waals surface area contributed by atoms with Gasteiger partial charge in [0.05, 0.1) is 7.11 Å². The van der Waals surface area contributed by atoms with E-state index in [9.17, 15) is 9.90 Å². The zero-order valence-electron chi connectivity index (χ0n) is 12.1. The summed E-state index contributed by atoms with van der Waals surface area (Å²) in [5.41, 5.74) is -0.228. The Morgan fingerprint density at radius 1 is 1.05 bits per heavy atom. The quantitative estimate of drug-likeness (QED) is 0.798. The molecule has 6 heteroatoms. The predicted octanol–water partition coefficient (Wildman–Crippen LogP) is 2.90. The molecule has 22 heavy (non-hydrogen) atoms. The van der Waals surface area contributed by atoms with Crippen LogP contribution in [0, 0.1) is 0 Å². The number of hydrogen-bond donors (Lipinski definition) is 2. The molecule has 1 unspecified atom stereocenters. The number of aromatic carboxylic acids is 1. The molecule has 0 aliphatic carbocycles. The Morgan fingerprint density at radius 2 is 1.68 bits per heavy atom. The predicted molar refractivity (Wildman–Crippen MR) is 78.8 cm³/mol. The van der Waals surface area contributed by atoms with Crippen LogP contribution in [0.2, 0.25) is 0 Å². The molecule has 6 nitrogen and oxygen atoms in total. The minimum Gasteiger partial charge on any atom is -0.504 e. The molecule has 0 spiro atoms. The Hall–Kier alpha value is -2.89. The molecule has 1 atom stereocenters. The van der Waals surface area contributed by atoms with Gasteiger partial charge in [0.25, 0.3) is 0 Å². The van der Waals surface area contributed by atoms with Crippen LogP contribution in [-0.2, 0) is 0 Å². The van der Waals surface area contributed by atoms with E-state index in [1.807, 2.05) is 0 Å². The number of ether oxygens (including phenoxy) is 3. The second kappa shape index (κ2) is 6.71. The molecule has 0 aliphatic heterocycles. The van der Waals surface area contributed by atoms with Crippen molar-refractivity contribution in [3.63, 3.8) is 0 Å². The van der Waals surface area contributed by atoms with Gasteiger partial charge in [-0.15, -0.1) is 0 Å². The van der Waals surface area contributed by atoms with E-state index in [1.165, 1.54) is 18.2 Å². The van der Waals surface area contributed by atoms with Crippen molar-refractivity contribution in [3.05, 3.63) is 48.0 Å². The first kappa shape index (κ1) is 15.5.